The van der Waals surface area contributed by atoms with Gasteiger partial charge in [-0.05, 0) is 13.3 Å². The maximum Gasteiger partial charge on any atom is 0.239 e. The molecule has 1 aromatic rings. The third-order valence-corrected chi connectivity index (χ3v) is 2.46. The van der Waals surface area contributed by atoms with Crippen molar-refractivity contribution in [3.8, 4) is 0 Å². The summed E-state index contributed by atoms with van der Waals surface area (Å²) in [5, 5.41) is 0. The van der Waals surface area contributed by atoms with Crippen LogP contribution in [-0.2, 0) is 0 Å². The smallest absolute Gasteiger partial charge is 0.239 e. The van der Waals surface area contributed by atoms with Crippen molar-refractivity contribution in [1.29, 1.82) is 0 Å². The van der Waals surface area contributed by atoms with Gasteiger partial charge >= 0.3 is 0 Å². The first-order valence-corrected chi connectivity index (χ1v) is 5.70. The van der Waals surface area contributed by atoms with E-state index < -0.39 is 0 Å². The van der Waals surface area contributed by atoms with Crippen LogP contribution in [0.1, 0.15) is 31.9 Å². The Bertz CT molecular complexity index is 326. The highest BCUT2D eigenvalue weighted by Crippen LogP contribution is 2.13. The Labute approximate surface area is 97.0 Å². The van der Waals surface area contributed by atoms with Gasteiger partial charge in [0.2, 0.25) is 5.95 Å². The molecule has 1 rings (SSSR count). The van der Waals surface area contributed by atoms with Gasteiger partial charge in [0.25, 0.3) is 0 Å². The number of nitrogen functional groups attached to an aromatic ring is 1. The van der Waals surface area contributed by atoms with Crippen LogP contribution in [0.25, 0.3) is 0 Å². The minimum atomic E-state index is 0.470. The van der Waals surface area contributed by atoms with Gasteiger partial charge in [0.15, 0.2) is 0 Å². The molecule has 0 saturated carbocycles. The van der Waals surface area contributed by atoms with Crippen molar-refractivity contribution in [3.63, 3.8) is 0 Å². The molecule has 0 spiro atoms. The molecule has 0 bridgehead atoms. The van der Waals surface area contributed by atoms with Crippen LogP contribution in [0.15, 0.2) is 6.07 Å². The average molecular weight is 223 g/mol. The molecule has 0 radical (unpaired) electrons. The summed E-state index contributed by atoms with van der Waals surface area (Å²) in [5.41, 5.74) is 3.40. The molecule has 1 aromatic heterocycles. The summed E-state index contributed by atoms with van der Waals surface area (Å²) in [4.78, 5) is 10.6. The standard InChI is InChI=1S/C11H21N5/c1-4-5-6-7-16(3)10-8-9(2)13-11(14-10)15-12/h8H,4-7,12H2,1-3H3,(H,13,14,15). The second-order valence-electron chi connectivity index (χ2n) is 3.96. The predicted molar refractivity (Wildman–Crippen MR) is 67.4 cm³/mol. The Morgan fingerprint density at radius 2 is 2.12 bits per heavy atom. The molecule has 0 aliphatic rings. The molecule has 0 amide bonds. The summed E-state index contributed by atoms with van der Waals surface area (Å²) in [6.45, 7) is 5.14. The molecule has 16 heavy (non-hydrogen) atoms. The molecule has 0 aliphatic carbocycles. The van der Waals surface area contributed by atoms with E-state index in [1.54, 1.807) is 0 Å². The van der Waals surface area contributed by atoms with Crippen molar-refractivity contribution >= 4 is 11.8 Å². The van der Waals surface area contributed by atoms with E-state index in [-0.39, 0.29) is 0 Å². The number of aromatic nitrogens is 2. The third kappa shape index (κ3) is 3.66. The van der Waals surface area contributed by atoms with Crippen molar-refractivity contribution < 1.29 is 0 Å². The van der Waals surface area contributed by atoms with Gasteiger partial charge in [-0.2, -0.15) is 4.98 Å². The maximum absolute atomic E-state index is 5.32. The fourth-order valence-electron chi connectivity index (χ4n) is 1.53. The molecule has 0 saturated heterocycles. The highest BCUT2D eigenvalue weighted by Gasteiger charge is 2.05. The van der Waals surface area contributed by atoms with Gasteiger partial charge < -0.3 is 4.90 Å². The first-order valence-electron chi connectivity index (χ1n) is 5.70. The predicted octanol–water partition coefficient (Wildman–Crippen LogP) is 1.70. The zero-order chi connectivity index (χ0) is 12.0. The number of rotatable bonds is 6. The van der Waals surface area contributed by atoms with Crippen LogP contribution >= 0.6 is 0 Å². The third-order valence-electron chi connectivity index (χ3n) is 2.46. The van der Waals surface area contributed by atoms with E-state index in [1.807, 2.05) is 20.0 Å². The minimum Gasteiger partial charge on any atom is -0.360 e. The van der Waals surface area contributed by atoms with Crippen LogP contribution in [0.5, 0.6) is 0 Å². The van der Waals surface area contributed by atoms with Crippen molar-refractivity contribution in [3.05, 3.63) is 11.8 Å². The number of aryl methyl sites for hydroxylation is 1. The van der Waals surface area contributed by atoms with E-state index in [1.165, 1.54) is 19.3 Å². The van der Waals surface area contributed by atoms with Crippen molar-refractivity contribution in [1.82, 2.24) is 9.97 Å². The molecule has 0 aliphatic heterocycles. The second kappa shape index (κ2) is 6.27. The lowest BCUT2D eigenvalue weighted by molar-refractivity contribution is 0.700. The van der Waals surface area contributed by atoms with Crippen molar-refractivity contribution in [2.75, 3.05) is 23.9 Å². The summed E-state index contributed by atoms with van der Waals surface area (Å²) >= 11 is 0. The van der Waals surface area contributed by atoms with E-state index in [9.17, 15) is 0 Å². The van der Waals surface area contributed by atoms with Gasteiger partial charge in [-0.1, -0.05) is 19.8 Å². The number of nitrogens with one attached hydrogen (secondary N) is 1. The molecule has 5 nitrogen and oxygen atoms in total. The van der Waals surface area contributed by atoms with E-state index in [0.717, 1.165) is 18.1 Å². The lowest BCUT2D eigenvalue weighted by Crippen LogP contribution is -2.21. The molecular formula is C11H21N5. The van der Waals surface area contributed by atoms with E-state index >= 15 is 0 Å². The number of hydrogen-bond acceptors (Lipinski definition) is 5. The van der Waals surface area contributed by atoms with Gasteiger partial charge in [0, 0.05) is 25.4 Å². The molecule has 90 valence electrons. The quantitative estimate of drug-likeness (QED) is 0.436. The SMILES string of the molecule is CCCCCN(C)c1cc(C)nc(NN)n1. The average Bonchev–Trinajstić information content (AvgIpc) is 2.28. The molecule has 0 fully saturated rings. The van der Waals surface area contributed by atoms with Gasteiger partial charge in [0.05, 0.1) is 0 Å². The van der Waals surface area contributed by atoms with Crippen LogP contribution in [0.4, 0.5) is 11.8 Å². The Kier molecular flexibility index (Phi) is 4.98. The molecular weight excluding hydrogens is 202 g/mol. The lowest BCUT2D eigenvalue weighted by Gasteiger charge is -2.18. The molecule has 3 N–H and O–H groups in total. The Balaban J connectivity index is 2.66. The monoisotopic (exact) mass is 223 g/mol. The molecule has 5 heteroatoms. The number of hydrogen-bond donors (Lipinski definition) is 2. The van der Waals surface area contributed by atoms with Gasteiger partial charge in [-0.15, -0.1) is 0 Å². The van der Waals surface area contributed by atoms with E-state index in [2.05, 4.69) is 27.2 Å². The normalized spacial score (nSPS) is 10.2. The number of unbranched alkanes of at least 4 members (excludes halogenated alkanes) is 2. The lowest BCUT2D eigenvalue weighted by atomic mass is 10.2. The molecule has 0 unspecified atom stereocenters. The Morgan fingerprint density at radius 3 is 2.75 bits per heavy atom. The summed E-state index contributed by atoms with van der Waals surface area (Å²) in [6.07, 6.45) is 3.66. The Morgan fingerprint density at radius 1 is 1.38 bits per heavy atom. The number of nitrogens with zero attached hydrogens (tertiary/aromatic N) is 3. The minimum absolute atomic E-state index is 0.470. The first kappa shape index (κ1) is 12.7. The fraction of sp³-hybridized carbons (Fsp3) is 0.636. The first-order chi connectivity index (χ1) is 7.67. The van der Waals surface area contributed by atoms with Gasteiger partial charge in [-0.25, -0.2) is 10.8 Å². The van der Waals surface area contributed by atoms with Crippen LogP contribution in [0, 0.1) is 6.92 Å². The number of hydrazine groups is 1. The summed E-state index contributed by atoms with van der Waals surface area (Å²) < 4.78 is 0. The van der Waals surface area contributed by atoms with Crippen LogP contribution < -0.4 is 16.2 Å². The largest absolute Gasteiger partial charge is 0.360 e. The highest BCUT2D eigenvalue weighted by atomic mass is 15.3. The van der Waals surface area contributed by atoms with Crippen LogP contribution in [-0.4, -0.2) is 23.6 Å². The van der Waals surface area contributed by atoms with Crippen LogP contribution in [0.3, 0.4) is 0 Å². The van der Waals surface area contributed by atoms with Crippen LogP contribution in [0.2, 0.25) is 0 Å². The summed E-state index contributed by atoms with van der Waals surface area (Å²) in [5.74, 6) is 6.70. The second-order valence-corrected chi connectivity index (χ2v) is 3.96. The Hall–Kier alpha value is -1.36. The number of anilines is 2. The molecule has 1 heterocycles. The van der Waals surface area contributed by atoms with E-state index in [4.69, 9.17) is 5.84 Å². The molecule has 0 aromatic carbocycles. The number of nitrogens with two attached hydrogens (primary N) is 1. The van der Waals surface area contributed by atoms with Crippen molar-refractivity contribution in [2.24, 2.45) is 5.84 Å². The fourth-order valence-corrected chi connectivity index (χ4v) is 1.53. The summed E-state index contributed by atoms with van der Waals surface area (Å²) in [6, 6.07) is 1.97. The zero-order valence-corrected chi connectivity index (χ0v) is 10.3. The van der Waals surface area contributed by atoms with E-state index in [0.29, 0.717) is 5.95 Å². The maximum atomic E-state index is 5.32. The molecule has 0 atom stereocenters. The highest BCUT2D eigenvalue weighted by molar-refractivity contribution is 5.43. The van der Waals surface area contributed by atoms with Crippen molar-refractivity contribution in [2.45, 2.75) is 33.1 Å². The van der Waals surface area contributed by atoms with Gasteiger partial charge in [0.1, 0.15) is 5.82 Å². The zero-order valence-electron chi connectivity index (χ0n) is 10.3. The van der Waals surface area contributed by atoms with Gasteiger partial charge in [-0.3, -0.25) is 5.43 Å². The summed E-state index contributed by atoms with van der Waals surface area (Å²) in [7, 11) is 2.04. The topological polar surface area (TPSA) is 67.1 Å².